The molecule has 4 heterocycles. The van der Waals surface area contributed by atoms with Gasteiger partial charge < -0.3 is 19.5 Å². The predicted octanol–water partition coefficient (Wildman–Crippen LogP) is 6.11. The lowest BCUT2D eigenvalue weighted by molar-refractivity contribution is -0.385. The van der Waals surface area contributed by atoms with Gasteiger partial charge in [-0.1, -0.05) is 85.0 Å². The molecule has 14 nitrogen and oxygen atoms in total. The Kier molecular flexibility index (Phi) is 10.8. The highest BCUT2D eigenvalue weighted by molar-refractivity contribution is 6.91. The van der Waals surface area contributed by atoms with Crippen molar-refractivity contribution in [3.05, 3.63) is 136 Å². The Balaban J connectivity index is 1.17. The predicted molar refractivity (Wildman–Crippen MR) is 225 cm³/mol. The molecule has 1 spiro atoms. The van der Waals surface area contributed by atoms with Crippen molar-refractivity contribution in [2.45, 2.75) is 76.0 Å². The van der Waals surface area contributed by atoms with Crippen molar-refractivity contribution in [3.8, 4) is 5.75 Å². The lowest BCUT2D eigenvalue weighted by atomic mass is 9.82. The van der Waals surface area contributed by atoms with E-state index in [0.29, 0.717) is 54.9 Å². The number of ether oxygens (including phenoxy) is 2. The number of hydrogen-bond donors (Lipinski definition) is 1. The van der Waals surface area contributed by atoms with Crippen LogP contribution in [0, 0.1) is 16.0 Å². The molecule has 0 bridgehead atoms. The van der Waals surface area contributed by atoms with E-state index < -0.39 is 30.6 Å². The van der Waals surface area contributed by atoms with E-state index in [2.05, 4.69) is 35.5 Å². The van der Waals surface area contributed by atoms with E-state index in [1.54, 1.807) is 22.8 Å². The number of non-ortho nitro benzene ring substituents is 1. The molecule has 3 aliphatic heterocycles. The number of amides is 2. The second-order valence-electron chi connectivity index (χ2n) is 16.0. The average molecular weight is 814 g/mol. The van der Waals surface area contributed by atoms with Crippen LogP contribution in [0.2, 0.25) is 18.6 Å². The van der Waals surface area contributed by atoms with Crippen molar-refractivity contribution >= 4 is 47.8 Å². The Morgan fingerprint density at radius 2 is 1.78 bits per heavy atom. The molecule has 0 unspecified atom stereocenters. The minimum absolute atomic E-state index is 0.0395. The smallest absolute Gasteiger partial charge is 0.269 e. The summed E-state index contributed by atoms with van der Waals surface area (Å²) in [4.78, 5) is 42.2. The molecule has 1 N–H and O–H groups in total. The van der Waals surface area contributed by atoms with E-state index in [4.69, 9.17) is 14.6 Å². The van der Waals surface area contributed by atoms with Crippen molar-refractivity contribution in [2.75, 3.05) is 23.6 Å². The highest BCUT2D eigenvalue weighted by Crippen LogP contribution is 2.60. The Bertz CT molecular complexity index is 2420. The quantitative estimate of drug-likeness (QED) is 0.0839. The fraction of sp³-hybridized carbons (Fsp3) is 0.341. The molecule has 59 heavy (non-hydrogen) atoms. The van der Waals surface area contributed by atoms with Crippen LogP contribution in [0.1, 0.15) is 48.6 Å². The Morgan fingerprint density at radius 3 is 2.51 bits per heavy atom. The number of hydrazone groups is 1. The molecule has 3 aliphatic rings. The number of aromatic nitrogens is 3. The van der Waals surface area contributed by atoms with Gasteiger partial charge in [0.05, 0.1) is 55.5 Å². The van der Waals surface area contributed by atoms with Crippen LogP contribution in [-0.2, 0) is 39.4 Å². The number of nitro groups is 1. The number of nitro benzene ring substituents is 1. The molecule has 15 heteroatoms. The summed E-state index contributed by atoms with van der Waals surface area (Å²) in [5.41, 5.74) is 3.04. The van der Waals surface area contributed by atoms with Crippen LogP contribution < -0.4 is 19.8 Å². The van der Waals surface area contributed by atoms with Gasteiger partial charge in [0.1, 0.15) is 5.75 Å². The minimum Gasteiger partial charge on any atom is -0.497 e. The number of aliphatic hydroxyl groups is 1. The van der Waals surface area contributed by atoms with Gasteiger partial charge in [-0.15, -0.1) is 5.10 Å². The largest absolute Gasteiger partial charge is 0.497 e. The third-order valence-corrected chi connectivity index (χ3v) is 16.6. The summed E-state index contributed by atoms with van der Waals surface area (Å²) in [6, 6.07) is 29.9. The zero-order valence-corrected chi connectivity index (χ0v) is 34.5. The van der Waals surface area contributed by atoms with Crippen LogP contribution in [-0.4, -0.2) is 70.4 Å². The number of carbonyl (C=O) groups is 2. The first-order chi connectivity index (χ1) is 28.4. The standard InChI is InChI=1S/C44H47N7O7Si/c1-29-42(59(3,4)36-16-14-35(57-2)15-17-36)40(21-23-48-28-32(22-24-52)45-47-48)58-44(29)37-26-34(51(55)56)13-19-39(37)49(43(44)54)27-30-9-8-12-33(25-30)50-41(53)20-18-38(46-50)31-10-6-5-7-11-31/h5-17,19,25-26,28-29,40,42,52H,18,20-24,27H2,1-4H3/t29-,40+,42-,44+/m0/s1. The number of fused-ring (bicyclic) bond motifs is 2. The van der Waals surface area contributed by atoms with Gasteiger partial charge >= 0.3 is 0 Å². The second-order valence-corrected chi connectivity index (χ2v) is 20.7. The van der Waals surface area contributed by atoms with Gasteiger partial charge in [0.25, 0.3) is 11.6 Å². The molecular formula is C44H47N7O7Si. The molecule has 8 rings (SSSR count). The van der Waals surface area contributed by atoms with E-state index in [1.165, 1.54) is 17.1 Å². The molecule has 1 aromatic heterocycles. The number of hydrogen-bond acceptors (Lipinski definition) is 10. The van der Waals surface area contributed by atoms with E-state index in [9.17, 15) is 20.0 Å². The number of anilines is 2. The number of methoxy groups -OCH3 is 1. The normalized spacial score (nSPS) is 21.6. The van der Waals surface area contributed by atoms with Gasteiger partial charge in [-0.05, 0) is 53.4 Å². The number of benzene rings is 4. The summed E-state index contributed by atoms with van der Waals surface area (Å²) in [6.45, 7) is 7.16. The van der Waals surface area contributed by atoms with E-state index in [-0.39, 0.29) is 36.2 Å². The first-order valence-corrected chi connectivity index (χ1v) is 23.0. The van der Waals surface area contributed by atoms with E-state index in [0.717, 1.165) is 27.8 Å². The summed E-state index contributed by atoms with van der Waals surface area (Å²) in [5.74, 6) is -0.0621. The molecule has 304 valence electrons. The SMILES string of the molecule is COc1ccc([Si](C)(C)[C@@H]2[C@@H](CCn3cc(CCO)nn3)O[C@]3(C(=O)N(Cc4cccc(N5N=C(c6ccccc6)CCC5=O)c4)c4ccc([N+](=O)[O-])cc43)[C@H]2C)cc1. The molecule has 0 saturated carbocycles. The molecule has 1 fully saturated rings. The third-order valence-electron chi connectivity index (χ3n) is 12.3. The zero-order chi connectivity index (χ0) is 41.5. The number of carbonyl (C=O) groups excluding carboxylic acids is 2. The third kappa shape index (κ3) is 7.23. The Hall–Kier alpha value is -6.03. The molecule has 4 atom stereocenters. The van der Waals surface area contributed by atoms with Crippen molar-refractivity contribution in [1.29, 1.82) is 0 Å². The van der Waals surface area contributed by atoms with Gasteiger partial charge in [0, 0.05) is 62.2 Å². The maximum atomic E-state index is 15.4. The zero-order valence-electron chi connectivity index (χ0n) is 33.5. The molecule has 1 saturated heterocycles. The van der Waals surface area contributed by atoms with Crippen LogP contribution in [0.5, 0.6) is 5.75 Å². The molecule has 5 aromatic rings. The van der Waals surface area contributed by atoms with Gasteiger partial charge in [-0.2, -0.15) is 5.10 Å². The summed E-state index contributed by atoms with van der Waals surface area (Å²) < 4.78 is 14.4. The molecule has 0 aliphatic carbocycles. The maximum absolute atomic E-state index is 15.4. The topological polar surface area (TPSA) is 166 Å². The number of aryl methyl sites for hydroxylation is 1. The van der Waals surface area contributed by atoms with E-state index in [1.807, 2.05) is 79.9 Å². The summed E-state index contributed by atoms with van der Waals surface area (Å²) in [7, 11) is -0.874. The lowest BCUT2D eigenvalue weighted by Gasteiger charge is -2.37. The van der Waals surface area contributed by atoms with Crippen LogP contribution >= 0.6 is 0 Å². The number of aliphatic hydroxyl groups excluding tert-OH is 1. The highest BCUT2D eigenvalue weighted by atomic mass is 28.3. The second kappa shape index (κ2) is 16.0. The minimum atomic E-state index is -2.51. The van der Waals surface area contributed by atoms with Gasteiger partial charge in [0.15, 0.2) is 5.60 Å². The lowest BCUT2D eigenvalue weighted by Crippen LogP contribution is -2.51. The monoisotopic (exact) mass is 813 g/mol. The first-order valence-electron chi connectivity index (χ1n) is 19.9. The Labute approximate surface area is 343 Å². The van der Waals surface area contributed by atoms with Crippen molar-refractivity contribution in [3.63, 3.8) is 0 Å². The summed E-state index contributed by atoms with van der Waals surface area (Å²) in [5, 5.41) is 37.6. The highest BCUT2D eigenvalue weighted by Gasteiger charge is 2.66. The van der Waals surface area contributed by atoms with Gasteiger partial charge in [0.2, 0.25) is 5.91 Å². The van der Waals surface area contributed by atoms with Gasteiger partial charge in [-0.3, -0.25) is 24.4 Å². The first kappa shape index (κ1) is 39.8. The molecule has 4 aromatic carbocycles. The maximum Gasteiger partial charge on any atom is 0.269 e. The Morgan fingerprint density at radius 1 is 1.00 bits per heavy atom. The van der Waals surface area contributed by atoms with Crippen LogP contribution in [0.4, 0.5) is 17.1 Å². The number of nitrogens with zero attached hydrogens (tertiary/aromatic N) is 7. The summed E-state index contributed by atoms with van der Waals surface area (Å²) >= 11 is 0. The average Bonchev–Trinajstić information content (AvgIpc) is 3.90. The van der Waals surface area contributed by atoms with Crippen LogP contribution in [0.25, 0.3) is 0 Å². The fourth-order valence-corrected chi connectivity index (χ4v) is 13.4. The molecule has 0 radical (unpaired) electrons. The summed E-state index contributed by atoms with van der Waals surface area (Å²) in [6.07, 6.45) is 3.12. The van der Waals surface area contributed by atoms with Crippen LogP contribution in [0.15, 0.2) is 108 Å². The van der Waals surface area contributed by atoms with Crippen molar-refractivity contribution in [2.24, 2.45) is 11.0 Å². The van der Waals surface area contributed by atoms with E-state index >= 15 is 4.79 Å². The fourth-order valence-electron chi connectivity index (χ4n) is 9.34. The molecular weight excluding hydrogens is 767 g/mol. The van der Waals surface area contributed by atoms with Crippen molar-refractivity contribution < 1.29 is 29.1 Å². The van der Waals surface area contributed by atoms with Crippen molar-refractivity contribution in [1.82, 2.24) is 15.0 Å². The van der Waals surface area contributed by atoms with Crippen LogP contribution in [0.3, 0.4) is 0 Å². The molecule has 2 amide bonds. The van der Waals surface area contributed by atoms with Gasteiger partial charge in [-0.25, -0.2) is 5.01 Å². The number of rotatable bonds is 13.